The molecule has 2 rings (SSSR count). The van der Waals surface area contributed by atoms with Crippen LogP contribution in [0, 0.1) is 0 Å². The first-order valence-electron chi connectivity index (χ1n) is 8.44. The van der Waals surface area contributed by atoms with Crippen molar-refractivity contribution in [3.05, 3.63) is 35.9 Å². The number of carbonyl (C=O) groups is 2. The standard InChI is InChI=1S/C18H27N3O2/c1-15(22)19-10-11-20-18(23)14-21-12-6-5-9-17(21)13-16-7-3-2-4-8-16/h2-4,7-8,17H,5-6,9-14H2,1H3,(H,19,22)(H,20,23)/t17-/m1/s1. The van der Waals surface area contributed by atoms with Gasteiger partial charge < -0.3 is 10.6 Å². The van der Waals surface area contributed by atoms with Crippen molar-refractivity contribution >= 4 is 11.8 Å². The van der Waals surface area contributed by atoms with Gasteiger partial charge in [0, 0.05) is 26.1 Å². The van der Waals surface area contributed by atoms with Gasteiger partial charge in [0.2, 0.25) is 11.8 Å². The molecule has 1 aliphatic heterocycles. The summed E-state index contributed by atoms with van der Waals surface area (Å²) >= 11 is 0. The molecule has 2 amide bonds. The Morgan fingerprint density at radius 1 is 1.13 bits per heavy atom. The van der Waals surface area contributed by atoms with Crippen LogP contribution in [0.3, 0.4) is 0 Å². The van der Waals surface area contributed by atoms with Crippen molar-refractivity contribution in [2.45, 2.75) is 38.6 Å². The summed E-state index contributed by atoms with van der Waals surface area (Å²) in [6.07, 6.45) is 4.54. The van der Waals surface area contributed by atoms with Crippen molar-refractivity contribution in [2.75, 3.05) is 26.2 Å². The van der Waals surface area contributed by atoms with E-state index in [1.165, 1.54) is 18.9 Å². The van der Waals surface area contributed by atoms with Crippen molar-refractivity contribution in [2.24, 2.45) is 0 Å². The third kappa shape index (κ3) is 6.40. The van der Waals surface area contributed by atoms with E-state index in [9.17, 15) is 9.59 Å². The number of hydrogen-bond donors (Lipinski definition) is 2. The Hall–Kier alpha value is -1.88. The first-order chi connectivity index (χ1) is 11.1. The van der Waals surface area contributed by atoms with Gasteiger partial charge in [0.15, 0.2) is 0 Å². The lowest BCUT2D eigenvalue weighted by Crippen LogP contribution is -2.47. The summed E-state index contributed by atoms with van der Waals surface area (Å²) < 4.78 is 0. The molecule has 2 N–H and O–H groups in total. The summed E-state index contributed by atoms with van der Waals surface area (Å²) in [5.41, 5.74) is 1.33. The molecule has 126 valence electrons. The van der Waals surface area contributed by atoms with Gasteiger partial charge in [-0.15, -0.1) is 0 Å². The van der Waals surface area contributed by atoms with Gasteiger partial charge in [-0.1, -0.05) is 36.8 Å². The first kappa shape index (κ1) is 17.5. The normalized spacial score (nSPS) is 18.4. The lowest BCUT2D eigenvalue weighted by Gasteiger charge is -2.35. The predicted octanol–water partition coefficient (Wildman–Crippen LogP) is 1.34. The fourth-order valence-electron chi connectivity index (χ4n) is 3.07. The number of nitrogens with zero attached hydrogens (tertiary/aromatic N) is 1. The van der Waals surface area contributed by atoms with Crippen LogP contribution >= 0.6 is 0 Å². The largest absolute Gasteiger partial charge is 0.355 e. The van der Waals surface area contributed by atoms with Crippen LogP contribution < -0.4 is 10.6 Å². The summed E-state index contributed by atoms with van der Waals surface area (Å²) in [7, 11) is 0. The fraction of sp³-hybridized carbons (Fsp3) is 0.556. The summed E-state index contributed by atoms with van der Waals surface area (Å²) in [6, 6.07) is 10.9. The van der Waals surface area contributed by atoms with E-state index < -0.39 is 0 Å². The molecule has 1 aromatic carbocycles. The molecule has 1 atom stereocenters. The van der Waals surface area contributed by atoms with Crippen molar-refractivity contribution in [1.82, 2.24) is 15.5 Å². The Morgan fingerprint density at radius 3 is 2.61 bits per heavy atom. The number of likely N-dealkylation sites (tertiary alicyclic amines) is 1. The number of piperidine rings is 1. The molecule has 1 fully saturated rings. The number of carbonyl (C=O) groups excluding carboxylic acids is 2. The average molecular weight is 317 g/mol. The Balaban J connectivity index is 1.79. The minimum atomic E-state index is -0.0711. The highest BCUT2D eigenvalue weighted by Crippen LogP contribution is 2.20. The SMILES string of the molecule is CC(=O)NCCNC(=O)CN1CCCC[C@@H]1Cc1ccccc1. The van der Waals surface area contributed by atoms with Gasteiger partial charge in [-0.2, -0.15) is 0 Å². The Bertz CT molecular complexity index is 504. The Labute approximate surface area is 138 Å². The predicted molar refractivity (Wildman–Crippen MR) is 91.1 cm³/mol. The topological polar surface area (TPSA) is 61.4 Å². The van der Waals surface area contributed by atoms with E-state index in [0.29, 0.717) is 25.7 Å². The van der Waals surface area contributed by atoms with Crippen molar-refractivity contribution in [3.8, 4) is 0 Å². The maximum Gasteiger partial charge on any atom is 0.234 e. The van der Waals surface area contributed by atoms with E-state index in [1.807, 2.05) is 6.07 Å². The average Bonchev–Trinajstić information content (AvgIpc) is 2.54. The fourth-order valence-corrected chi connectivity index (χ4v) is 3.07. The third-order valence-electron chi connectivity index (χ3n) is 4.23. The number of amides is 2. The van der Waals surface area contributed by atoms with Crippen LogP contribution in [0.5, 0.6) is 0 Å². The Kier molecular flexibility index (Phi) is 7.07. The minimum absolute atomic E-state index is 0.0373. The molecule has 1 heterocycles. The molecular weight excluding hydrogens is 290 g/mol. The van der Waals surface area contributed by atoms with Crippen LogP contribution in [0.15, 0.2) is 30.3 Å². The second-order valence-corrected chi connectivity index (χ2v) is 6.14. The summed E-state index contributed by atoms with van der Waals surface area (Å²) in [6.45, 7) is 3.86. The number of hydrogen-bond acceptors (Lipinski definition) is 3. The summed E-state index contributed by atoms with van der Waals surface area (Å²) in [5, 5.41) is 5.55. The zero-order chi connectivity index (χ0) is 16.5. The van der Waals surface area contributed by atoms with E-state index in [4.69, 9.17) is 0 Å². The van der Waals surface area contributed by atoms with E-state index in [1.54, 1.807) is 0 Å². The van der Waals surface area contributed by atoms with Crippen molar-refractivity contribution in [1.29, 1.82) is 0 Å². The van der Waals surface area contributed by atoms with Gasteiger partial charge in [-0.3, -0.25) is 14.5 Å². The zero-order valence-electron chi connectivity index (χ0n) is 13.9. The van der Waals surface area contributed by atoms with Crippen LogP contribution in [0.2, 0.25) is 0 Å². The van der Waals surface area contributed by atoms with Crippen molar-refractivity contribution in [3.63, 3.8) is 0 Å². The molecule has 1 aliphatic rings. The summed E-state index contributed by atoms with van der Waals surface area (Å²) in [5.74, 6) is -0.0338. The molecule has 5 heteroatoms. The molecule has 0 unspecified atom stereocenters. The molecule has 0 radical (unpaired) electrons. The van der Waals surface area contributed by atoms with Crippen molar-refractivity contribution < 1.29 is 9.59 Å². The van der Waals surface area contributed by atoms with E-state index >= 15 is 0 Å². The molecule has 0 aromatic heterocycles. The maximum absolute atomic E-state index is 12.1. The highest BCUT2D eigenvalue weighted by atomic mass is 16.2. The molecule has 1 saturated heterocycles. The number of benzene rings is 1. The smallest absolute Gasteiger partial charge is 0.234 e. The lowest BCUT2D eigenvalue weighted by atomic mass is 9.95. The molecule has 1 aromatic rings. The molecular formula is C18H27N3O2. The van der Waals surface area contributed by atoms with Crippen LogP contribution in [-0.4, -0.2) is 48.9 Å². The molecule has 0 aliphatic carbocycles. The minimum Gasteiger partial charge on any atom is -0.355 e. The van der Waals surface area contributed by atoms with Gasteiger partial charge >= 0.3 is 0 Å². The van der Waals surface area contributed by atoms with Gasteiger partial charge in [-0.05, 0) is 31.4 Å². The van der Waals surface area contributed by atoms with Crippen LogP contribution in [0.4, 0.5) is 0 Å². The van der Waals surface area contributed by atoms with Gasteiger partial charge in [0.1, 0.15) is 0 Å². The van der Waals surface area contributed by atoms with Crippen LogP contribution in [0.25, 0.3) is 0 Å². The maximum atomic E-state index is 12.1. The molecule has 0 bridgehead atoms. The molecule has 0 spiro atoms. The third-order valence-corrected chi connectivity index (χ3v) is 4.23. The van der Waals surface area contributed by atoms with Gasteiger partial charge in [0.05, 0.1) is 6.54 Å². The molecule has 5 nitrogen and oxygen atoms in total. The lowest BCUT2D eigenvalue weighted by molar-refractivity contribution is -0.123. The second kappa shape index (κ2) is 9.30. The second-order valence-electron chi connectivity index (χ2n) is 6.14. The van der Waals surface area contributed by atoms with Gasteiger partial charge in [-0.25, -0.2) is 0 Å². The first-order valence-corrected chi connectivity index (χ1v) is 8.44. The molecule has 23 heavy (non-hydrogen) atoms. The van der Waals surface area contributed by atoms with E-state index in [-0.39, 0.29) is 11.8 Å². The van der Waals surface area contributed by atoms with E-state index in [0.717, 1.165) is 25.8 Å². The van der Waals surface area contributed by atoms with Crippen LogP contribution in [0.1, 0.15) is 31.7 Å². The van der Waals surface area contributed by atoms with Crippen LogP contribution in [-0.2, 0) is 16.0 Å². The van der Waals surface area contributed by atoms with Gasteiger partial charge in [0.25, 0.3) is 0 Å². The van der Waals surface area contributed by atoms with E-state index in [2.05, 4.69) is 39.8 Å². The Morgan fingerprint density at radius 2 is 1.87 bits per heavy atom. The summed E-state index contributed by atoms with van der Waals surface area (Å²) in [4.78, 5) is 25.2. The zero-order valence-corrected chi connectivity index (χ0v) is 13.9. The quantitative estimate of drug-likeness (QED) is 0.746. The molecule has 0 saturated carbocycles. The highest BCUT2D eigenvalue weighted by Gasteiger charge is 2.24. The monoisotopic (exact) mass is 317 g/mol. The number of rotatable bonds is 7. The highest BCUT2D eigenvalue weighted by molar-refractivity contribution is 5.78. The number of nitrogens with one attached hydrogen (secondary N) is 2.